The van der Waals surface area contributed by atoms with E-state index in [4.69, 9.17) is 16.3 Å². The van der Waals surface area contributed by atoms with Gasteiger partial charge >= 0.3 is 5.97 Å². The highest BCUT2D eigenvalue weighted by atomic mass is 35.5. The Morgan fingerprint density at radius 3 is 2.65 bits per heavy atom. The quantitative estimate of drug-likeness (QED) is 0.697. The number of carbonyl (C=O) groups excluding carboxylic acids is 2. The highest BCUT2D eigenvalue weighted by Gasteiger charge is 2.15. The first-order chi connectivity index (χ1) is 12.4. The molecule has 1 heterocycles. The first-order valence-electron chi connectivity index (χ1n) is 8.03. The van der Waals surface area contributed by atoms with Crippen LogP contribution in [-0.4, -0.2) is 23.5 Å². The number of rotatable bonds is 4. The maximum atomic E-state index is 12.4. The summed E-state index contributed by atoms with van der Waals surface area (Å²) in [5, 5.41) is 3.90. The van der Waals surface area contributed by atoms with E-state index in [1.807, 2.05) is 25.1 Å². The number of anilines is 1. The molecule has 1 aromatic heterocycles. The van der Waals surface area contributed by atoms with Gasteiger partial charge in [-0.2, -0.15) is 0 Å². The van der Waals surface area contributed by atoms with Gasteiger partial charge in [-0.05, 0) is 43.7 Å². The molecule has 3 rings (SSSR count). The third kappa shape index (κ3) is 4.00. The van der Waals surface area contributed by atoms with Gasteiger partial charge in [0.25, 0.3) is 5.91 Å². The minimum Gasteiger partial charge on any atom is -0.452 e. The predicted molar refractivity (Wildman–Crippen MR) is 102 cm³/mol. The van der Waals surface area contributed by atoms with E-state index in [0.29, 0.717) is 32.9 Å². The van der Waals surface area contributed by atoms with E-state index in [1.165, 1.54) is 0 Å². The van der Waals surface area contributed by atoms with E-state index in [2.05, 4.69) is 10.3 Å². The Labute approximate surface area is 156 Å². The van der Waals surface area contributed by atoms with E-state index in [1.54, 1.807) is 37.3 Å². The third-order valence-electron chi connectivity index (χ3n) is 3.85. The standard InChI is InChI=1S/C20H17ClN2O3/c1-12-7-8-14(10-17(12)21)23-19(24)11-26-20(25)16-9-13(2)22-18-6-4-3-5-15(16)18/h3-10H,11H2,1-2H3,(H,23,24). The second kappa shape index (κ2) is 7.54. The Morgan fingerprint density at radius 1 is 1.12 bits per heavy atom. The maximum Gasteiger partial charge on any atom is 0.339 e. The SMILES string of the molecule is Cc1cc(C(=O)OCC(=O)Nc2ccc(C)c(Cl)c2)c2ccccc2n1. The van der Waals surface area contributed by atoms with E-state index >= 15 is 0 Å². The van der Waals surface area contributed by atoms with Crippen molar-refractivity contribution in [2.24, 2.45) is 0 Å². The van der Waals surface area contributed by atoms with Crippen molar-refractivity contribution in [2.75, 3.05) is 11.9 Å². The zero-order valence-corrected chi connectivity index (χ0v) is 15.1. The van der Waals surface area contributed by atoms with Crippen LogP contribution in [0, 0.1) is 13.8 Å². The van der Waals surface area contributed by atoms with E-state index in [9.17, 15) is 9.59 Å². The van der Waals surface area contributed by atoms with Crippen LogP contribution in [0.3, 0.4) is 0 Å². The summed E-state index contributed by atoms with van der Waals surface area (Å²) >= 11 is 6.03. The second-order valence-electron chi connectivity index (χ2n) is 5.92. The van der Waals surface area contributed by atoms with Gasteiger partial charge in [-0.25, -0.2) is 4.79 Å². The molecule has 0 unspecified atom stereocenters. The maximum absolute atomic E-state index is 12.4. The zero-order chi connectivity index (χ0) is 18.7. The van der Waals surface area contributed by atoms with Crippen molar-refractivity contribution in [3.05, 3.63) is 70.4 Å². The molecule has 1 N–H and O–H groups in total. The highest BCUT2D eigenvalue weighted by Crippen LogP contribution is 2.21. The van der Waals surface area contributed by atoms with Crippen molar-refractivity contribution in [3.8, 4) is 0 Å². The molecule has 0 aliphatic carbocycles. The number of benzene rings is 2. The van der Waals surface area contributed by atoms with Gasteiger partial charge in [0.2, 0.25) is 0 Å². The lowest BCUT2D eigenvalue weighted by atomic mass is 10.1. The average molecular weight is 369 g/mol. The number of aromatic nitrogens is 1. The molecule has 5 nitrogen and oxygen atoms in total. The number of aryl methyl sites for hydroxylation is 2. The van der Waals surface area contributed by atoms with Crippen LogP contribution in [0.15, 0.2) is 48.5 Å². The Balaban J connectivity index is 1.69. The monoisotopic (exact) mass is 368 g/mol. The number of ether oxygens (including phenoxy) is 1. The molecule has 26 heavy (non-hydrogen) atoms. The van der Waals surface area contributed by atoms with Gasteiger partial charge < -0.3 is 10.1 Å². The van der Waals surface area contributed by atoms with Gasteiger partial charge in [0.05, 0.1) is 11.1 Å². The van der Waals surface area contributed by atoms with E-state index < -0.39 is 11.9 Å². The molecule has 0 fully saturated rings. The number of halogens is 1. The topological polar surface area (TPSA) is 68.3 Å². The summed E-state index contributed by atoms with van der Waals surface area (Å²) in [6, 6.07) is 14.1. The molecule has 6 heteroatoms. The number of hydrogen-bond donors (Lipinski definition) is 1. The van der Waals surface area contributed by atoms with Crippen molar-refractivity contribution < 1.29 is 14.3 Å². The van der Waals surface area contributed by atoms with Crippen LogP contribution >= 0.6 is 11.6 Å². The lowest BCUT2D eigenvalue weighted by molar-refractivity contribution is -0.119. The van der Waals surface area contributed by atoms with Crippen LogP contribution in [0.2, 0.25) is 5.02 Å². The molecule has 0 bridgehead atoms. The fraction of sp³-hybridized carbons (Fsp3) is 0.150. The Bertz CT molecular complexity index is 1000. The second-order valence-corrected chi connectivity index (χ2v) is 6.32. The summed E-state index contributed by atoms with van der Waals surface area (Å²) in [7, 11) is 0. The molecule has 1 amide bonds. The largest absolute Gasteiger partial charge is 0.452 e. The Kier molecular flexibility index (Phi) is 5.19. The summed E-state index contributed by atoms with van der Waals surface area (Å²) in [5.41, 5.74) is 3.26. The number of pyridine rings is 1. The van der Waals surface area contributed by atoms with Gasteiger partial charge in [-0.15, -0.1) is 0 Å². The normalized spacial score (nSPS) is 10.6. The van der Waals surface area contributed by atoms with E-state index in [-0.39, 0.29) is 6.61 Å². The predicted octanol–water partition coefficient (Wildman–Crippen LogP) is 4.30. The Morgan fingerprint density at radius 2 is 1.88 bits per heavy atom. The van der Waals surface area contributed by atoms with Crippen LogP contribution < -0.4 is 5.32 Å². The fourth-order valence-electron chi connectivity index (χ4n) is 2.55. The molecule has 0 radical (unpaired) electrons. The number of para-hydroxylation sites is 1. The molecule has 3 aromatic rings. The van der Waals surface area contributed by atoms with Crippen molar-refractivity contribution in [1.29, 1.82) is 0 Å². The minimum atomic E-state index is -0.566. The van der Waals surface area contributed by atoms with Crippen molar-refractivity contribution in [3.63, 3.8) is 0 Å². The van der Waals surface area contributed by atoms with E-state index in [0.717, 1.165) is 5.56 Å². The minimum absolute atomic E-state index is 0.388. The van der Waals surface area contributed by atoms with Gasteiger partial charge in [0.15, 0.2) is 6.61 Å². The van der Waals surface area contributed by atoms with Crippen molar-refractivity contribution >= 4 is 40.1 Å². The molecular formula is C20H17ClN2O3. The summed E-state index contributed by atoms with van der Waals surface area (Å²) in [4.78, 5) is 28.8. The van der Waals surface area contributed by atoms with Gasteiger partial charge in [0, 0.05) is 21.8 Å². The molecule has 2 aromatic carbocycles. The molecule has 132 valence electrons. The summed E-state index contributed by atoms with van der Waals surface area (Å²) in [6.07, 6.45) is 0. The van der Waals surface area contributed by atoms with Crippen LogP contribution in [0.5, 0.6) is 0 Å². The number of carbonyl (C=O) groups is 2. The molecule has 0 saturated carbocycles. The number of amides is 1. The number of nitrogens with zero attached hydrogens (tertiary/aromatic N) is 1. The number of nitrogens with one attached hydrogen (secondary N) is 1. The van der Waals surface area contributed by atoms with Crippen molar-refractivity contribution in [1.82, 2.24) is 4.98 Å². The first kappa shape index (κ1) is 17.9. The number of hydrogen-bond acceptors (Lipinski definition) is 4. The lowest BCUT2D eigenvalue weighted by Gasteiger charge is -2.09. The molecule has 0 saturated heterocycles. The summed E-state index contributed by atoms with van der Waals surface area (Å²) in [6.45, 7) is 3.29. The number of esters is 1. The molecule has 0 spiro atoms. The molecule has 0 aliphatic heterocycles. The fourth-order valence-corrected chi connectivity index (χ4v) is 2.73. The summed E-state index contributed by atoms with van der Waals surface area (Å²) < 4.78 is 5.17. The van der Waals surface area contributed by atoms with Crippen LogP contribution in [0.4, 0.5) is 5.69 Å². The van der Waals surface area contributed by atoms with Gasteiger partial charge in [0.1, 0.15) is 0 Å². The molecule has 0 atom stereocenters. The zero-order valence-electron chi connectivity index (χ0n) is 14.4. The first-order valence-corrected chi connectivity index (χ1v) is 8.41. The van der Waals surface area contributed by atoms with Crippen molar-refractivity contribution in [2.45, 2.75) is 13.8 Å². The van der Waals surface area contributed by atoms with Crippen LogP contribution in [0.1, 0.15) is 21.6 Å². The van der Waals surface area contributed by atoms with Gasteiger partial charge in [-0.3, -0.25) is 9.78 Å². The third-order valence-corrected chi connectivity index (χ3v) is 4.26. The molecular weight excluding hydrogens is 352 g/mol. The smallest absolute Gasteiger partial charge is 0.339 e. The van der Waals surface area contributed by atoms with Gasteiger partial charge in [-0.1, -0.05) is 35.9 Å². The molecule has 0 aliphatic rings. The number of fused-ring (bicyclic) bond motifs is 1. The van der Waals surface area contributed by atoms with Crippen LogP contribution in [-0.2, 0) is 9.53 Å². The van der Waals surface area contributed by atoms with Crippen LogP contribution in [0.25, 0.3) is 10.9 Å². The lowest BCUT2D eigenvalue weighted by Crippen LogP contribution is -2.21. The highest BCUT2D eigenvalue weighted by molar-refractivity contribution is 6.31. The average Bonchev–Trinajstić information content (AvgIpc) is 2.62. The Hall–Kier alpha value is -2.92. The summed E-state index contributed by atoms with van der Waals surface area (Å²) in [5.74, 6) is -1.00.